The number of halogens is 1. The highest BCUT2D eigenvalue weighted by Gasteiger charge is 2.05. The van der Waals surface area contributed by atoms with Crippen LogP contribution in [0.1, 0.15) is 11.4 Å². The lowest BCUT2D eigenvalue weighted by Crippen LogP contribution is -2.04. The first kappa shape index (κ1) is 14.7. The minimum atomic E-state index is 0.377. The molecule has 2 rings (SSSR count). The SMILES string of the molecule is CNc1cc(Nc2cc(C)cc(Br)c2)nc(COC)n1. The van der Waals surface area contributed by atoms with Gasteiger partial charge in [0.15, 0.2) is 5.82 Å². The third-order valence-electron chi connectivity index (χ3n) is 2.62. The average molecular weight is 337 g/mol. The van der Waals surface area contributed by atoms with Crippen molar-refractivity contribution in [2.24, 2.45) is 0 Å². The second kappa shape index (κ2) is 6.67. The number of nitrogens with one attached hydrogen (secondary N) is 2. The van der Waals surface area contributed by atoms with Crippen molar-refractivity contribution < 1.29 is 4.74 Å². The van der Waals surface area contributed by atoms with Crippen molar-refractivity contribution in [2.45, 2.75) is 13.5 Å². The van der Waals surface area contributed by atoms with Crippen LogP contribution >= 0.6 is 15.9 Å². The molecule has 2 N–H and O–H groups in total. The molecule has 0 amide bonds. The summed E-state index contributed by atoms with van der Waals surface area (Å²) in [5, 5.41) is 6.30. The van der Waals surface area contributed by atoms with E-state index in [0.29, 0.717) is 12.4 Å². The molecule has 1 heterocycles. The van der Waals surface area contributed by atoms with E-state index >= 15 is 0 Å². The molecule has 1 aromatic carbocycles. The first-order chi connectivity index (χ1) is 9.60. The van der Waals surface area contributed by atoms with Crippen molar-refractivity contribution in [1.29, 1.82) is 0 Å². The summed E-state index contributed by atoms with van der Waals surface area (Å²) in [6, 6.07) is 7.97. The van der Waals surface area contributed by atoms with E-state index in [1.54, 1.807) is 7.11 Å². The van der Waals surface area contributed by atoms with E-state index in [4.69, 9.17) is 4.74 Å². The number of ether oxygens (including phenoxy) is 1. The molecule has 1 aromatic heterocycles. The van der Waals surface area contributed by atoms with Crippen LogP contribution in [0.3, 0.4) is 0 Å². The Bertz CT molecular complexity index is 583. The molecule has 0 atom stereocenters. The minimum Gasteiger partial charge on any atom is -0.377 e. The summed E-state index contributed by atoms with van der Waals surface area (Å²) in [5.74, 6) is 2.11. The van der Waals surface area contributed by atoms with Crippen molar-refractivity contribution in [3.63, 3.8) is 0 Å². The summed E-state index contributed by atoms with van der Waals surface area (Å²) in [7, 11) is 3.45. The van der Waals surface area contributed by atoms with Crippen LogP contribution in [-0.4, -0.2) is 24.1 Å². The highest BCUT2D eigenvalue weighted by atomic mass is 79.9. The molecule has 5 nitrogen and oxygen atoms in total. The van der Waals surface area contributed by atoms with E-state index in [9.17, 15) is 0 Å². The number of hydrogen-bond acceptors (Lipinski definition) is 5. The van der Waals surface area contributed by atoms with Crippen LogP contribution in [0.4, 0.5) is 17.3 Å². The molecule has 0 saturated carbocycles. The molecule has 0 fully saturated rings. The molecule has 0 aliphatic rings. The molecule has 2 aromatic rings. The maximum absolute atomic E-state index is 5.08. The number of benzene rings is 1. The maximum atomic E-state index is 5.08. The summed E-state index contributed by atoms with van der Waals surface area (Å²) < 4.78 is 6.11. The number of nitrogens with zero attached hydrogens (tertiary/aromatic N) is 2. The molecule has 0 bridgehead atoms. The van der Waals surface area contributed by atoms with Gasteiger partial charge in [0.05, 0.1) is 0 Å². The number of aryl methyl sites for hydroxylation is 1. The lowest BCUT2D eigenvalue weighted by molar-refractivity contribution is 0.178. The van der Waals surface area contributed by atoms with Gasteiger partial charge in [-0.25, -0.2) is 9.97 Å². The normalized spacial score (nSPS) is 10.4. The van der Waals surface area contributed by atoms with Crippen molar-refractivity contribution in [3.8, 4) is 0 Å². The Labute approximate surface area is 126 Å². The van der Waals surface area contributed by atoms with Gasteiger partial charge >= 0.3 is 0 Å². The standard InChI is InChI=1S/C14H17BrN4O/c1-9-4-10(15)6-11(5-9)17-13-7-12(16-2)18-14(19-13)8-20-3/h4-7H,8H2,1-3H3,(H2,16,17,18,19). The first-order valence-corrected chi connectivity index (χ1v) is 6.99. The van der Waals surface area contributed by atoms with Gasteiger partial charge in [0.25, 0.3) is 0 Å². The highest BCUT2D eigenvalue weighted by molar-refractivity contribution is 9.10. The third kappa shape index (κ3) is 3.91. The highest BCUT2D eigenvalue weighted by Crippen LogP contribution is 2.23. The molecular weight excluding hydrogens is 320 g/mol. The largest absolute Gasteiger partial charge is 0.377 e. The molecule has 0 saturated heterocycles. The zero-order valence-corrected chi connectivity index (χ0v) is 13.3. The quantitative estimate of drug-likeness (QED) is 0.875. The van der Waals surface area contributed by atoms with Crippen LogP contribution in [0.25, 0.3) is 0 Å². The van der Waals surface area contributed by atoms with E-state index in [1.807, 2.05) is 26.1 Å². The van der Waals surface area contributed by atoms with E-state index < -0.39 is 0 Å². The van der Waals surface area contributed by atoms with Crippen LogP contribution in [-0.2, 0) is 11.3 Å². The van der Waals surface area contributed by atoms with Crippen LogP contribution in [0.5, 0.6) is 0 Å². The molecule has 106 valence electrons. The fourth-order valence-electron chi connectivity index (χ4n) is 1.84. The molecule has 0 spiro atoms. The maximum Gasteiger partial charge on any atom is 0.158 e. The van der Waals surface area contributed by atoms with Crippen LogP contribution in [0, 0.1) is 6.92 Å². The molecule has 0 unspecified atom stereocenters. The van der Waals surface area contributed by atoms with Crippen LogP contribution < -0.4 is 10.6 Å². The molecule has 20 heavy (non-hydrogen) atoms. The van der Waals surface area contributed by atoms with Crippen molar-refractivity contribution >= 4 is 33.3 Å². The fraction of sp³-hybridized carbons (Fsp3) is 0.286. The monoisotopic (exact) mass is 336 g/mol. The number of methoxy groups -OCH3 is 1. The average Bonchev–Trinajstić information content (AvgIpc) is 2.37. The molecule has 0 aliphatic heterocycles. The van der Waals surface area contributed by atoms with Gasteiger partial charge in [0, 0.05) is 30.4 Å². The molecule has 0 radical (unpaired) electrons. The third-order valence-corrected chi connectivity index (χ3v) is 3.07. The van der Waals surface area contributed by atoms with E-state index in [2.05, 4.69) is 48.7 Å². The number of anilines is 3. The van der Waals surface area contributed by atoms with Gasteiger partial charge in [-0.05, 0) is 30.7 Å². The van der Waals surface area contributed by atoms with Gasteiger partial charge in [-0.1, -0.05) is 15.9 Å². The van der Waals surface area contributed by atoms with Gasteiger partial charge < -0.3 is 15.4 Å². The predicted octanol–water partition coefficient (Wildman–Crippen LogP) is 3.48. The number of hydrogen-bond donors (Lipinski definition) is 2. The van der Waals surface area contributed by atoms with Gasteiger partial charge in [0.1, 0.15) is 18.2 Å². The summed E-state index contributed by atoms with van der Waals surface area (Å²) in [6.07, 6.45) is 0. The Balaban J connectivity index is 2.29. The van der Waals surface area contributed by atoms with E-state index in [-0.39, 0.29) is 0 Å². The van der Waals surface area contributed by atoms with Gasteiger partial charge in [-0.3, -0.25) is 0 Å². The topological polar surface area (TPSA) is 59.1 Å². The van der Waals surface area contributed by atoms with Crippen molar-refractivity contribution in [2.75, 3.05) is 24.8 Å². The van der Waals surface area contributed by atoms with Crippen molar-refractivity contribution in [1.82, 2.24) is 9.97 Å². The van der Waals surface area contributed by atoms with Gasteiger partial charge in [-0.2, -0.15) is 0 Å². The summed E-state index contributed by atoms with van der Waals surface area (Å²) in [4.78, 5) is 8.75. The lowest BCUT2D eigenvalue weighted by Gasteiger charge is -2.10. The van der Waals surface area contributed by atoms with Crippen LogP contribution in [0.2, 0.25) is 0 Å². The lowest BCUT2D eigenvalue weighted by atomic mass is 10.2. The zero-order chi connectivity index (χ0) is 14.5. The summed E-state index contributed by atoms with van der Waals surface area (Å²) in [6.45, 7) is 2.42. The van der Waals surface area contributed by atoms with Crippen molar-refractivity contribution in [3.05, 3.63) is 40.1 Å². The van der Waals surface area contributed by atoms with Gasteiger partial charge in [0.2, 0.25) is 0 Å². The Hall–Kier alpha value is -1.66. The Kier molecular flexibility index (Phi) is 4.92. The molecule has 6 heteroatoms. The summed E-state index contributed by atoms with van der Waals surface area (Å²) >= 11 is 3.49. The Morgan fingerprint density at radius 3 is 2.55 bits per heavy atom. The Morgan fingerprint density at radius 1 is 1.15 bits per heavy atom. The van der Waals surface area contributed by atoms with Crippen LogP contribution in [0.15, 0.2) is 28.7 Å². The molecule has 0 aliphatic carbocycles. The van der Waals surface area contributed by atoms with E-state index in [1.165, 1.54) is 5.56 Å². The predicted molar refractivity (Wildman–Crippen MR) is 84.5 cm³/mol. The zero-order valence-electron chi connectivity index (χ0n) is 11.7. The van der Waals surface area contributed by atoms with Gasteiger partial charge in [-0.15, -0.1) is 0 Å². The second-order valence-electron chi connectivity index (χ2n) is 4.38. The fourth-order valence-corrected chi connectivity index (χ4v) is 2.45. The van der Waals surface area contributed by atoms with E-state index in [0.717, 1.165) is 21.8 Å². The minimum absolute atomic E-state index is 0.377. The second-order valence-corrected chi connectivity index (χ2v) is 5.30. The number of rotatable bonds is 5. The molecular formula is C14H17BrN4O. The smallest absolute Gasteiger partial charge is 0.158 e. The first-order valence-electron chi connectivity index (χ1n) is 6.19. The number of aromatic nitrogens is 2. The Morgan fingerprint density at radius 2 is 1.90 bits per heavy atom. The summed E-state index contributed by atoms with van der Waals surface area (Å²) in [5.41, 5.74) is 2.14.